The van der Waals surface area contributed by atoms with Gasteiger partial charge in [-0.1, -0.05) is 12.1 Å². The van der Waals surface area contributed by atoms with Crippen molar-refractivity contribution in [1.82, 2.24) is 24.4 Å². The summed E-state index contributed by atoms with van der Waals surface area (Å²) in [5.74, 6) is -0.265. The van der Waals surface area contributed by atoms with Crippen LogP contribution < -0.4 is 10.9 Å². The fourth-order valence-corrected chi connectivity index (χ4v) is 4.84. The minimum atomic E-state index is -3.45. The van der Waals surface area contributed by atoms with Gasteiger partial charge < -0.3 is 4.90 Å². The number of halogens is 1. The summed E-state index contributed by atoms with van der Waals surface area (Å²) in [5, 5.41) is 0. The summed E-state index contributed by atoms with van der Waals surface area (Å²) in [5.41, 5.74) is 7.31. The van der Waals surface area contributed by atoms with E-state index in [1.807, 2.05) is 6.92 Å². The second kappa shape index (κ2) is 8.42. The molecular weight excluding hydrogens is 385 g/mol. The normalized spacial score (nSPS) is 26.8. The summed E-state index contributed by atoms with van der Waals surface area (Å²) in [4.78, 5) is 14.6. The van der Waals surface area contributed by atoms with Gasteiger partial charge in [-0.25, -0.2) is 9.82 Å². The largest absolute Gasteiger partial charge is 0.340 e. The van der Waals surface area contributed by atoms with Crippen molar-refractivity contribution in [2.75, 3.05) is 40.3 Å². The highest BCUT2D eigenvalue weighted by Crippen LogP contribution is 2.32. The van der Waals surface area contributed by atoms with Gasteiger partial charge in [-0.3, -0.25) is 10.2 Å². The zero-order valence-electron chi connectivity index (χ0n) is 16.4. The van der Waals surface area contributed by atoms with Crippen molar-refractivity contribution in [2.45, 2.75) is 25.4 Å². The highest BCUT2D eigenvalue weighted by molar-refractivity contribution is 7.86. The lowest BCUT2D eigenvalue weighted by Crippen LogP contribution is -2.53. The van der Waals surface area contributed by atoms with E-state index < -0.39 is 10.2 Å². The summed E-state index contributed by atoms with van der Waals surface area (Å²) < 4.78 is 40.2. The maximum atomic E-state index is 13.2. The number of hydrogen-bond acceptors (Lipinski definition) is 5. The van der Waals surface area contributed by atoms with E-state index in [0.29, 0.717) is 32.6 Å². The molecule has 1 aromatic carbocycles. The number of rotatable bonds is 5. The van der Waals surface area contributed by atoms with Gasteiger partial charge in [0.15, 0.2) is 0 Å². The Bertz CT molecular complexity index is 794. The molecular formula is C18H28FN5O3S. The zero-order valence-corrected chi connectivity index (χ0v) is 17.2. The smallest absolute Gasteiger partial charge is 0.281 e. The average molecular weight is 414 g/mol. The fourth-order valence-electron chi connectivity index (χ4n) is 3.75. The summed E-state index contributed by atoms with van der Waals surface area (Å²) >= 11 is 0. The van der Waals surface area contributed by atoms with E-state index in [9.17, 15) is 17.6 Å². The number of nitrogens with one attached hydrogen (secondary N) is 2. The quantitative estimate of drug-likeness (QED) is 0.726. The number of amides is 1. The number of carbonyl (C=O) groups is 1. The first kappa shape index (κ1) is 21.1. The first-order valence-electron chi connectivity index (χ1n) is 9.42. The SMILES string of the molecule is CC1NNC(c2ccc(F)cc2)C1CC(=O)N1CCN(S(=O)(=O)N(C)C)CC1. The van der Waals surface area contributed by atoms with Gasteiger partial charge in [-0.2, -0.15) is 17.0 Å². The summed E-state index contributed by atoms with van der Waals surface area (Å²) in [6.45, 7) is 3.37. The minimum absolute atomic E-state index is 0.0105. The van der Waals surface area contributed by atoms with Crippen LogP contribution in [-0.4, -0.2) is 74.2 Å². The molecule has 2 aliphatic heterocycles. The number of nitrogens with zero attached hydrogens (tertiary/aromatic N) is 3. The van der Waals surface area contributed by atoms with Gasteiger partial charge in [0.1, 0.15) is 5.82 Å². The van der Waals surface area contributed by atoms with Crippen molar-refractivity contribution in [3.63, 3.8) is 0 Å². The van der Waals surface area contributed by atoms with Gasteiger partial charge >= 0.3 is 0 Å². The molecule has 1 aromatic rings. The first-order valence-corrected chi connectivity index (χ1v) is 10.8. The second-order valence-electron chi connectivity index (χ2n) is 7.54. The van der Waals surface area contributed by atoms with Crippen molar-refractivity contribution in [3.8, 4) is 0 Å². The van der Waals surface area contributed by atoms with Gasteiger partial charge in [0.05, 0.1) is 6.04 Å². The van der Waals surface area contributed by atoms with Gasteiger partial charge in [-0.05, 0) is 24.6 Å². The molecule has 2 heterocycles. The molecule has 10 heteroatoms. The van der Waals surface area contributed by atoms with Crippen LogP contribution in [0.1, 0.15) is 24.9 Å². The number of benzene rings is 1. The van der Waals surface area contributed by atoms with E-state index in [0.717, 1.165) is 5.56 Å². The van der Waals surface area contributed by atoms with E-state index in [-0.39, 0.29) is 29.7 Å². The third kappa shape index (κ3) is 4.36. The van der Waals surface area contributed by atoms with Crippen molar-refractivity contribution in [1.29, 1.82) is 0 Å². The molecule has 2 fully saturated rings. The zero-order chi connectivity index (χ0) is 20.5. The molecule has 0 spiro atoms. The Labute approximate surface area is 165 Å². The van der Waals surface area contributed by atoms with E-state index in [1.54, 1.807) is 17.0 Å². The number of carbonyl (C=O) groups excluding carboxylic acids is 1. The molecule has 8 nitrogen and oxygen atoms in total. The van der Waals surface area contributed by atoms with Gasteiger partial charge in [0.2, 0.25) is 5.91 Å². The highest BCUT2D eigenvalue weighted by atomic mass is 32.2. The Kier molecular flexibility index (Phi) is 6.35. The predicted molar refractivity (Wildman–Crippen MR) is 104 cm³/mol. The molecule has 0 radical (unpaired) electrons. The first-order chi connectivity index (χ1) is 13.2. The molecule has 3 atom stereocenters. The lowest BCUT2D eigenvalue weighted by Gasteiger charge is -2.36. The molecule has 2 aliphatic rings. The van der Waals surface area contributed by atoms with Crippen molar-refractivity contribution >= 4 is 16.1 Å². The summed E-state index contributed by atoms with van der Waals surface area (Å²) in [6, 6.07) is 6.29. The van der Waals surface area contributed by atoms with Gasteiger partial charge in [0, 0.05) is 58.7 Å². The number of hydrogen-bond donors (Lipinski definition) is 2. The standard InChI is InChI=1S/C18H28FN5O3S/c1-13-16(18(21-20-13)14-4-6-15(19)7-5-14)12-17(25)23-8-10-24(11-9-23)28(26,27)22(2)3/h4-7,13,16,18,20-21H,8-12H2,1-3H3. The summed E-state index contributed by atoms with van der Waals surface area (Å²) in [7, 11) is -0.443. The Morgan fingerprint density at radius 1 is 1.14 bits per heavy atom. The molecule has 28 heavy (non-hydrogen) atoms. The molecule has 2 saturated heterocycles. The fraction of sp³-hybridized carbons (Fsp3) is 0.611. The van der Waals surface area contributed by atoms with Crippen molar-refractivity contribution in [2.24, 2.45) is 5.92 Å². The average Bonchev–Trinajstić information content (AvgIpc) is 3.03. The van der Waals surface area contributed by atoms with Crippen LogP contribution in [0.25, 0.3) is 0 Å². The maximum absolute atomic E-state index is 13.2. The molecule has 0 aromatic heterocycles. The molecule has 1 amide bonds. The van der Waals surface area contributed by atoms with Crippen LogP contribution >= 0.6 is 0 Å². The van der Waals surface area contributed by atoms with Crippen molar-refractivity contribution < 1.29 is 17.6 Å². The lowest BCUT2D eigenvalue weighted by atomic mass is 9.87. The molecule has 3 unspecified atom stereocenters. The van der Waals surface area contributed by atoms with Gasteiger partial charge in [-0.15, -0.1) is 0 Å². The summed E-state index contributed by atoms with van der Waals surface area (Å²) in [6.07, 6.45) is 0.337. The van der Waals surface area contributed by atoms with Crippen LogP contribution in [0.2, 0.25) is 0 Å². The van der Waals surface area contributed by atoms with Crippen LogP contribution in [0.5, 0.6) is 0 Å². The maximum Gasteiger partial charge on any atom is 0.281 e. The van der Waals surface area contributed by atoms with Crippen LogP contribution in [0, 0.1) is 11.7 Å². The molecule has 3 rings (SSSR count). The van der Waals surface area contributed by atoms with Crippen molar-refractivity contribution in [3.05, 3.63) is 35.6 Å². The van der Waals surface area contributed by atoms with Gasteiger partial charge in [0.25, 0.3) is 10.2 Å². The van der Waals surface area contributed by atoms with Crippen LogP contribution in [0.15, 0.2) is 24.3 Å². The predicted octanol–water partition coefficient (Wildman–Crippen LogP) is 0.320. The topological polar surface area (TPSA) is 85.0 Å². The number of piperazine rings is 1. The van der Waals surface area contributed by atoms with E-state index >= 15 is 0 Å². The Morgan fingerprint density at radius 3 is 2.32 bits per heavy atom. The Morgan fingerprint density at radius 2 is 1.75 bits per heavy atom. The highest BCUT2D eigenvalue weighted by Gasteiger charge is 2.37. The number of hydrazine groups is 1. The lowest BCUT2D eigenvalue weighted by molar-refractivity contribution is -0.133. The molecule has 0 aliphatic carbocycles. The van der Waals surface area contributed by atoms with E-state index in [1.165, 1.54) is 34.8 Å². The Hall–Kier alpha value is -1.59. The third-order valence-corrected chi connectivity index (χ3v) is 7.50. The monoisotopic (exact) mass is 413 g/mol. The molecule has 2 N–H and O–H groups in total. The Balaban J connectivity index is 1.61. The minimum Gasteiger partial charge on any atom is -0.340 e. The molecule has 0 bridgehead atoms. The van der Waals surface area contributed by atoms with E-state index in [2.05, 4.69) is 10.9 Å². The van der Waals surface area contributed by atoms with Crippen LogP contribution in [0.3, 0.4) is 0 Å². The third-order valence-electron chi connectivity index (χ3n) is 5.56. The second-order valence-corrected chi connectivity index (χ2v) is 9.69. The van der Waals surface area contributed by atoms with Crippen LogP contribution in [0.4, 0.5) is 4.39 Å². The molecule has 156 valence electrons. The molecule has 0 saturated carbocycles. The van der Waals surface area contributed by atoms with E-state index in [4.69, 9.17) is 0 Å². The van der Waals surface area contributed by atoms with Crippen LogP contribution in [-0.2, 0) is 15.0 Å².